The van der Waals surface area contributed by atoms with Gasteiger partial charge in [-0.05, 0) is 53.5 Å². The van der Waals surface area contributed by atoms with Crippen molar-refractivity contribution in [3.05, 3.63) is 52.1 Å². The fourth-order valence-electron chi connectivity index (χ4n) is 1.66. The van der Waals surface area contributed by atoms with Crippen molar-refractivity contribution >= 4 is 27.4 Å². The van der Waals surface area contributed by atoms with Crippen molar-refractivity contribution in [3.63, 3.8) is 0 Å². The van der Waals surface area contributed by atoms with Gasteiger partial charge in [0.2, 0.25) is 0 Å². The molecule has 0 amide bonds. The number of aromatic nitrogens is 1. The van der Waals surface area contributed by atoms with Crippen LogP contribution in [0.1, 0.15) is 11.1 Å². The van der Waals surface area contributed by atoms with Crippen LogP contribution in [-0.4, -0.2) is 12.0 Å². The van der Waals surface area contributed by atoms with E-state index in [2.05, 4.69) is 63.1 Å². The lowest BCUT2D eigenvalue weighted by Gasteiger charge is -2.20. The Labute approximate surface area is 110 Å². The van der Waals surface area contributed by atoms with Crippen molar-refractivity contribution in [2.75, 3.05) is 11.9 Å². The van der Waals surface area contributed by atoms with Crippen LogP contribution in [0.15, 0.2) is 41.0 Å². The Morgan fingerprint density at radius 2 is 1.71 bits per heavy atom. The third-order valence-corrected chi connectivity index (χ3v) is 3.28. The topological polar surface area (TPSA) is 16.1 Å². The second-order valence-electron chi connectivity index (χ2n) is 4.21. The molecule has 2 nitrogen and oxygen atoms in total. The lowest BCUT2D eigenvalue weighted by atomic mass is 10.2. The number of anilines is 2. The number of aryl methyl sites for hydroxylation is 2. The number of halogens is 1. The highest BCUT2D eigenvalue weighted by Gasteiger charge is 2.09. The van der Waals surface area contributed by atoms with Crippen molar-refractivity contribution in [2.45, 2.75) is 13.8 Å². The minimum atomic E-state index is 0.930. The van der Waals surface area contributed by atoms with E-state index in [-0.39, 0.29) is 0 Å². The lowest BCUT2D eigenvalue weighted by molar-refractivity contribution is 1.10. The summed E-state index contributed by atoms with van der Waals surface area (Å²) >= 11 is 3.56. The molecule has 1 aromatic heterocycles. The zero-order valence-electron chi connectivity index (χ0n) is 10.2. The Morgan fingerprint density at radius 1 is 1.06 bits per heavy atom. The standard InChI is InChI=1S/C14H15BrN2/c1-10-4-6-12(7-5-10)17(3)14-13(15)8-11(2)9-16-14/h4-9H,1-3H3. The van der Waals surface area contributed by atoms with Gasteiger partial charge >= 0.3 is 0 Å². The summed E-state index contributed by atoms with van der Waals surface area (Å²) in [5.41, 5.74) is 3.55. The molecule has 0 unspecified atom stereocenters. The van der Waals surface area contributed by atoms with Crippen LogP contribution in [0.25, 0.3) is 0 Å². The van der Waals surface area contributed by atoms with Crippen LogP contribution in [0.2, 0.25) is 0 Å². The third-order valence-electron chi connectivity index (χ3n) is 2.70. The van der Waals surface area contributed by atoms with E-state index in [0.29, 0.717) is 0 Å². The van der Waals surface area contributed by atoms with Gasteiger partial charge in [0, 0.05) is 18.9 Å². The Morgan fingerprint density at radius 3 is 2.29 bits per heavy atom. The second kappa shape index (κ2) is 4.88. The van der Waals surface area contributed by atoms with E-state index in [1.165, 1.54) is 5.56 Å². The number of benzene rings is 1. The predicted octanol–water partition coefficient (Wildman–Crippen LogP) is 4.23. The molecule has 0 atom stereocenters. The van der Waals surface area contributed by atoms with Gasteiger partial charge in [-0.25, -0.2) is 4.98 Å². The van der Waals surface area contributed by atoms with Gasteiger partial charge in [0.15, 0.2) is 0 Å². The van der Waals surface area contributed by atoms with Crippen LogP contribution in [0.5, 0.6) is 0 Å². The molecule has 0 aliphatic carbocycles. The molecule has 0 spiro atoms. The molecule has 0 saturated carbocycles. The molecule has 0 saturated heterocycles. The number of hydrogen-bond donors (Lipinski definition) is 0. The van der Waals surface area contributed by atoms with E-state index in [1.54, 1.807) is 0 Å². The highest BCUT2D eigenvalue weighted by Crippen LogP contribution is 2.29. The average molecular weight is 291 g/mol. The van der Waals surface area contributed by atoms with Gasteiger partial charge in [-0.3, -0.25) is 0 Å². The van der Waals surface area contributed by atoms with Crippen LogP contribution in [0.3, 0.4) is 0 Å². The van der Waals surface area contributed by atoms with Crippen LogP contribution >= 0.6 is 15.9 Å². The van der Waals surface area contributed by atoms with Crippen molar-refractivity contribution in [1.82, 2.24) is 4.98 Å². The summed E-state index contributed by atoms with van der Waals surface area (Å²) in [5, 5.41) is 0. The van der Waals surface area contributed by atoms with E-state index in [1.807, 2.05) is 20.2 Å². The SMILES string of the molecule is Cc1ccc(N(C)c2ncc(C)cc2Br)cc1. The van der Waals surface area contributed by atoms with Gasteiger partial charge in [0.05, 0.1) is 4.47 Å². The molecule has 88 valence electrons. The minimum absolute atomic E-state index is 0.930. The Bertz CT molecular complexity index is 520. The van der Waals surface area contributed by atoms with Crippen LogP contribution in [0, 0.1) is 13.8 Å². The third kappa shape index (κ3) is 2.67. The maximum Gasteiger partial charge on any atom is 0.147 e. The normalized spacial score (nSPS) is 10.4. The zero-order chi connectivity index (χ0) is 12.4. The van der Waals surface area contributed by atoms with Gasteiger partial charge < -0.3 is 4.90 Å². The molecule has 0 bridgehead atoms. The second-order valence-corrected chi connectivity index (χ2v) is 5.07. The number of hydrogen-bond acceptors (Lipinski definition) is 2. The quantitative estimate of drug-likeness (QED) is 0.823. The summed E-state index contributed by atoms with van der Waals surface area (Å²) in [6, 6.07) is 10.5. The molecular formula is C14H15BrN2. The van der Waals surface area contributed by atoms with Crippen molar-refractivity contribution in [3.8, 4) is 0 Å². The summed E-state index contributed by atoms with van der Waals surface area (Å²) < 4.78 is 1.01. The molecule has 2 rings (SSSR count). The highest BCUT2D eigenvalue weighted by atomic mass is 79.9. The monoisotopic (exact) mass is 290 g/mol. The van der Waals surface area contributed by atoms with E-state index in [0.717, 1.165) is 21.5 Å². The predicted molar refractivity (Wildman–Crippen MR) is 75.9 cm³/mol. The van der Waals surface area contributed by atoms with Gasteiger partial charge in [-0.15, -0.1) is 0 Å². The van der Waals surface area contributed by atoms with Crippen LogP contribution in [0.4, 0.5) is 11.5 Å². The van der Waals surface area contributed by atoms with E-state index in [9.17, 15) is 0 Å². The smallest absolute Gasteiger partial charge is 0.147 e. The summed E-state index contributed by atoms with van der Waals surface area (Å²) in [5.74, 6) is 0.930. The van der Waals surface area contributed by atoms with Crippen molar-refractivity contribution < 1.29 is 0 Å². The van der Waals surface area contributed by atoms with Gasteiger partial charge in [0.1, 0.15) is 5.82 Å². The van der Waals surface area contributed by atoms with E-state index in [4.69, 9.17) is 0 Å². The average Bonchev–Trinajstić information content (AvgIpc) is 2.29. The Hall–Kier alpha value is -1.35. The molecule has 0 radical (unpaired) electrons. The van der Waals surface area contributed by atoms with Gasteiger partial charge in [-0.1, -0.05) is 17.7 Å². The van der Waals surface area contributed by atoms with Crippen LogP contribution < -0.4 is 4.90 Å². The fraction of sp³-hybridized carbons (Fsp3) is 0.214. The largest absolute Gasteiger partial charge is 0.329 e. The van der Waals surface area contributed by atoms with Crippen LogP contribution in [-0.2, 0) is 0 Å². The molecule has 0 N–H and O–H groups in total. The summed E-state index contributed by atoms with van der Waals surface area (Å²) in [6.07, 6.45) is 1.88. The molecule has 0 aliphatic heterocycles. The Balaban J connectivity index is 2.36. The first kappa shape index (κ1) is 12.1. The molecule has 3 heteroatoms. The Kier molecular flexibility index (Phi) is 3.48. The molecule has 0 aliphatic rings. The van der Waals surface area contributed by atoms with E-state index < -0.39 is 0 Å². The first-order valence-corrected chi connectivity index (χ1v) is 6.30. The molecule has 1 aromatic carbocycles. The maximum atomic E-state index is 4.46. The highest BCUT2D eigenvalue weighted by molar-refractivity contribution is 9.10. The molecule has 1 heterocycles. The summed E-state index contributed by atoms with van der Waals surface area (Å²) in [6.45, 7) is 4.12. The number of nitrogens with zero attached hydrogens (tertiary/aromatic N) is 2. The molecular weight excluding hydrogens is 276 g/mol. The molecule has 0 fully saturated rings. The minimum Gasteiger partial charge on any atom is -0.329 e. The first-order chi connectivity index (χ1) is 8.08. The molecule has 2 aromatic rings. The lowest BCUT2D eigenvalue weighted by Crippen LogP contribution is -2.11. The first-order valence-electron chi connectivity index (χ1n) is 5.50. The molecule has 17 heavy (non-hydrogen) atoms. The van der Waals surface area contributed by atoms with E-state index >= 15 is 0 Å². The fourth-order valence-corrected chi connectivity index (χ4v) is 2.39. The van der Waals surface area contributed by atoms with Crippen molar-refractivity contribution in [1.29, 1.82) is 0 Å². The zero-order valence-corrected chi connectivity index (χ0v) is 11.8. The number of rotatable bonds is 2. The van der Waals surface area contributed by atoms with Gasteiger partial charge in [0.25, 0.3) is 0 Å². The van der Waals surface area contributed by atoms with Crippen molar-refractivity contribution in [2.24, 2.45) is 0 Å². The summed E-state index contributed by atoms with van der Waals surface area (Å²) in [7, 11) is 2.02. The van der Waals surface area contributed by atoms with Gasteiger partial charge in [-0.2, -0.15) is 0 Å². The number of pyridine rings is 1. The summed E-state index contributed by atoms with van der Waals surface area (Å²) in [4.78, 5) is 6.53. The maximum absolute atomic E-state index is 4.46.